The minimum atomic E-state index is 0.623. The highest BCUT2D eigenvalue weighted by molar-refractivity contribution is 6.31. The highest BCUT2D eigenvalue weighted by Gasteiger charge is 2.10. The first kappa shape index (κ1) is 17.6. The maximum absolute atomic E-state index is 6.13. The van der Waals surface area contributed by atoms with Crippen LogP contribution < -0.4 is 4.74 Å². The summed E-state index contributed by atoms with van der Waals surface area (Å²) >= 11 is 12.2. The summed E-state index contributed by atoms with van der Waals surface area (Å²) in [6.07, 6.45) is 1.83. The lowest BCUT2D eigenvalue weighted by Crippen LogP contribution is -1.99. The quantitative estimate of drug-likeness (QED) is 0.503. The molecule has 0 saturated carbocycles. The summed E-state index contributed by atoms with van der Waals surface area (Å²) in [5.74, 6) is 0.685. The molecule has 0 amide bonds. The fraction of sp³-hybridized carbons (Fsp3) is 0.150. The average molecular weight is 373 g/mol. The molecule has 0 radical (unpaired) electrons. The molecule has 2 aromatic carbocycles. The molecule has 5 heteroatoms. The van der Waals surface area contributed by atoms with Crippen LogP contribution in [0.3, 0.4) is 0 Å². The lowest BCUT2D eigenvalue weighted by Gasteiger charge is -2.09. The van der Waals surface area contributed by atoms with Crippen LogP contribution in [0.2, 0.25) is 10.0 Å². The number of methoxy groups -OCH3 is 1. The molecule has 0 fully saturated rings. The Labute approximate surface area is 157 Å². The summed E-state index contributed by atoms with van der Waals surface area (Å²) < 4.78 is 7.49. The zero-order valence-electron chi connectivity index (χ0n) is 14.3. The zero-order chi connectivity index (χ0) is 18.0. The maximum Gasteiger partial charge on any atom is 0.144 e. The van der Waals surface area contributed by atoms with Gasteiger partial charge in [-0.15, -0.1) is 0 Å². The van der Waals surface area contributed by atoms with Gasteiger partial charge < -0.3 is 9.30 Å². The molecule has 0 bridgehead atoms. The standard InChI is InChI=1S/C20H18Cl2N2O/c1-13-9-15(12-23-19-11-17(22)7-8-20(19)25-3)14(2)24(13)18-6-4-5-16(21)10-18/h4-12H,1-3H3. The van der Waals surface area contributed by atoms with Crippen molar-refractivity contribution in [1.29, 1.82) is 0 Å². The largest absolute Gasteiger partial charge is 0.494 e. The second kappa shape index (κ2) is 7.34. The molecule has 3 aromatic rings. The molecule has 1 aromatic heterocycles. The number of hydrogen-bond donors (Lipinski definition) is 0. The molecule has 0 saturated heterocycles. The SMILES string of the molecule is COc1ccc(Cl)cc1N=Cc1cc(C)n(-c2cccc(Cl)c2)c1C. The van der Waals surface area contributed by atoms with Crippen molar-refractivity contribution < 1.29 is 4.74 Å². The Morgan fingerprint density at radius 3 is 2.48 bits per heavy atom. The fourth-order valence-electron chi connectivity index (χ4n) is 2.83. The van der Waals surface area contributed by atoms with E-state index in [0.717, 1.165) is 22.6 Å². The molecular formula is C20H18Cl2N2O. The fourth-order valence-corrected chi connectivity index (χ4v) is 3.18. The van der Waals surface area contributed by atoms with E-state index in [9.17, 15) is 0 Å². The van der Waals surface area contributed by atoms with Crippen molar-refractivity contribution >= 4 is 35.1 Å². The number of nitrogens with zero attached hydrogens (tertiary/aromatic N) is 2. The van der Waals surface area contributed by atoms with E-state index in [-0.39, 0.29) is 0 Å². The second-order valence-electron chi connectivity index (χ2n) is 5.72. The van der Waals surface area contributed by atoms with Crippen LogP contribution in [-0.4, -0.2) is 17.9 Å². The monoisotopic (exact) mass is 372 g/mol. The molecule has 0 aliphatic rings. The molecule has 3 nitrogen and oxygen atoms in total. The summed E-state index contributed by atoms with van der Waals surface area (Å²) in [6.45, 7) is 4.12. The summed E-state index contributed by atoms with van der Waals surface area (Å²) in [4.78, 5) is 4.56. The number of aliphatic imine (C=N–C) groups is 1. The molecule has 0 spiro atoms. The average Bonchev–Trinajstić information content (AvgIpc) is 2.87. The van der Waals surface area contributed by atoms with E-state index in [1.807, 2.05) is 36.5 Å². The summed E-state index contributed by atoms with van der Waals surface area (Å²) in [7, 11) is 1.62. The second-order valence-corrected chi connectivity index (χ2v) is 6.59. The van der Waals surface area contributed by atoms with E-state index in [2.05, 4.69) is 29.5 Å². The van der Waals surface area contributed by atoms with Crippen molar-refractivity contribution in [2.75, 3.05) is 7.11 Å². The van der Waals surface area contributed by atoms with Gasteiger partial charge in [0.25, 0.3) is 0 Å². The number of aromatic nitrogens is 1. The number of ether oxygens (including phenoxy) is 1. The maximum atomic E-state index is 6.13. The normalized spacial score (nSPS) is 11.2. The zero-order valence-corrected chi connectivity index (χ0v) is 15.8. The highest BCUT2D eigenvalue weighted by atomic mass is 35.5. The number of aryl methyl sites for hydroxylation is 1. The van der Waals surface area contributed by atoms with Crippen LogP contribution >= 0.6 is 23.2 Å². The Morgan fingerprint density at radius 1 is 1.00 bits per heavy atom. The van der Waals surface area contributed by atoms with E-state index in [0.29, 0.717) is 21.5 Å². The summed E-state index contributed by atoms with van der Waals surface area (Å²) in [5, 5.41) is 1.33. The molecule has 0 aliphatic heterocycles. The van der Waals surface area contributed by atoms with Crippen molar-refractivity contribution in [3.05, 3.63) is 75.5 Å². The van der Waals surface area contributed by atoms with Crippen molar-refractivity contribution in [3.8, 4) is 11.4 Å². The van der Waals surface area contributed by atoms with Crippen LogP contribution in [0.25, 0.3) is 5.69 Å². The summed E-state index contributed by atoms with van der Waals surface area (Å²) in [5.41, 5.74) is 4.95. The van der Waals surface area contributed by atoms with Gasteiger partial charge in [0.05, 0.1) is 7.11 Å². The van der Waals surface area contributed by atoms with Gasteiger partial charge in [-0.3, -0.25) is 4.99 Å². The van der Waals surface area contributed by atoms with Crippen molar-refractivity contribution in [1.82, 2.24) is 4.57 Å². The van der Waals surface area contributed by atoms with Crippen molar-refractivity contribution in [3.63, 3.8) is 0 Å². The third-order valence-corrected chi connectivity index (χ3v) is 4.49. The molecule has 0 N–H and O–H groups in total. The van der Waals surface area contributed by atoms with Gasteiger partial charge in [0, 0.05) is 38.9 Å². The van der Waals surface area contributed by atoms with Gasteiger partial charge >= 0.3 is 0 Å². The van der Waals surface area contributed by atoms with E-state index in [1.54, 1.807) is 19.2 Å². The Bertz CT molecular complexity index is 945. The van der Waals surface area contributed by atoms with Gasteiger partial charge in [0.1, 0.15) is 11.4 Å². The first-order valence-corrected chi connectivity index (χ1v) is 8.57. The van der Waals surface area contributed by atoms with Gasteiger partial charge in [-0.05, 0) is 56.3 Å². The molecular weight excluding hydrogens is 355 g/mol. The molecule has 0 atom stereocenters. The predicted molar refractivity (Wildman–Crippen MR) is 106 cm³/mol. The van der Waals surface area contributed by atoms with Crippen LogP contribution in [0.4, 0.5) is 5.69 Å². The third kappa shape index (κ3) is 3.73. The number of hydrogen-bond acceptors (Lipinski definition) is 2. The van der Waals surface area contributed by atoms with Crippen molar-refractivity contribution in [2.45, 2.75) is 13.8 Å². The van der Waals surface area contributed by atoms with Gasteiger partial charge in [-0.1, -0.05) is 29.3 Å². The van der Waals surface area contributed by atoms with Crippen LogP contribution in [0.1, 0.15) is 17.0 Å². The van der Waals surface area contributed by atoms with Crippen molar-refractivity contribution in [2.24, 2.45) is 4.99 Å². The molecule has 0 aliphatic carbocycles. The lowest BCUT2D eigenvalue weighted by molar-refractivity contribution is 0.416. The minimum absolute atomic E-state index is 0.623. The third-order valence-electron chi connectivity index (χ3n) is 4.02. The van der Waals surface area contributed by atoms with Gasteiger partial charge in [0.2, 0.25) is 0 Å². The molecule has 0 unspecified atom stereocenters. The van der Waals surface area contributed by atoms with Crippen LogP contribution in [-0.2, 0) is 0 Å². The summed E-state index contributed by atoms with van der Waals surface area (Å²) in [6, 6.07) is 15.3. The Balaban J connectivity index is 2.00. The Morgan fingerprint density at radius 2 is 1.76 bits per heavy atom. The van der Waals surface area contributed by atoms with Crippen LogP contribution in [0, 0.1) is 13.8 Å². The molecule has 25 heavy (non-hydrogen) atoms. The van der Waals surface area contributed by atoms with Gasteiger partial charge in [0.15, 0.2) is 0 Å². The van der Waals surface area contributed by atoms with Gasteiger partial charge in [-0.25, -0.2) is 0 Å². The molecule has 1 heterocycles. The smallest absolute Gasteiger partial charge is 0.144 e. The first-order chi connectivity index (χ1) is 12.0. The minimum Gasteiger partial charge on any atom is -0.494 e. The number of halogens is 2. The van der Waals surface area contributed by atoms with E-state index in [1.165, 1.54) is 0 Å². The van der Waals surface area contributed by atoms with E-state index >= 15 is 0 Å². The number of benzene rings is 2. The topological polar surface area (TPSA) is 26.5 Å². The van der Waals surface area contributed by atoms with Crippen LogP contribution in [0.15, 0.2) is 53.5 Å². The molecule has 128 valence electrons. The van der Waals surface area contributed by atoms with Crippen LogP contribution in [0.5, 0.6) is 5.75 Å². The number of rotatable bonds is 4. The van der Waals surface area contributed by atoms with E-state index in [4.69, 9.17) is 27.9 Å². The van der Waals surface area contributed by atoms with Gasteiger partial charge in [-0.2, -0.15) is 0 Å². The Kier molecular flexibility index (Phi) is 5.16. The van der Waals surface area contributed by atoms with E-state index < -0.39 is 0 Å². The highest BCUT2D eigenvalue weighted by Crippen LogP contribution is 2.30. The lowest BCUT2D eigenvalue weighted by atomic mass is 10.2. The molecule has 3 rings (SSSR count). The first-order valence-electron chi connectivity index (χ1n) is 7.82. The predicted octanol–water partition coefficient (Wildman–Crippen LogP) is 6.16. The Hall–Kier alpha value is -2.23.